The molecular weight excluding hydrogens is 356 g/mol. The number of hydrogen-bond donors (Lipinski definition) is 0. The van der Waals surface area contributed by atoms with E-state index in [-0.39, 0.29) is 11.5 Å². The van der Waals surface area contributed by atoms with Crippen LogP contribution in [0.25, 0.3) is 0 Å². The van der Waals surface area contributed by atoms with Crippen molar-refractivity contribution in [2.75, 3.05) is 18.0 Å². The van der Waals surface area contributed by atoms with Crippen LogP contribution in [0.1, 0.15) is 43.8 Å². The van der Waals surface area contributed by atoms with Gasteiger partial charge in [-0.3, -0.25) is 14.2 Å². The fraction of sp³-hybridized carbons (Fsp3) is 0.556. The van der Waals surface area contributed by atoms with Crippen molar-refractivity contribution in [1.82, 2.24) is 19.1 Å². The Morgan fingerprint density at radius 2 is 1.85 bits per heavy atom. The van der Waals surface area contributed by atoms with Crippen molar-refractivity contribution in [1.29, 1.82) is 0 Å². The van der Waals surface area contributed by atoms with Crippen LogP contribution < -0.4 is 16.0 Å². The molecule has 1 saturated carbocycles. The molecule has 9 heteroatoms. The molecule has 0 bridgehead atoms. The smallest absolute Gasteiger partial charge is 0.293 e. The molecule has 2 aliphatic rings. The van der Waals surface area contributed by atoms with Gasteiger partial charge in [-0.05, 0) is 31.6 Å². The summed E-state index contributed by atoms with van der Waals surface area (Å²) in [5.41, 5.74) is -0.991. The van der Waals surface area contributed by atoms with E-state index >= 15 is 0 Å². The number of hydrogen-bond acceptors (Lipinski definition) is 5. The molecule has 2 aromatic heterocycles. The maximum atomic E-state index is 12.6. The molecule has 0 N–H and O–H groups in total. The highest BCUT2D eigenvalue weighted by Crippen LogP contribution is 2.33. The van der Waals surface area contributed by atoms with Gasteiger partial charge in [0.2, 0.25) is 0 Å². The molecule has 0 atom stereocenters. The van der Waals surface area contributed by atoms with Crippen LogP contribution in [0.3, 0.4) is 0 Å². The van der Waals surface area contributed by atoms with Crippen LogP contribution in [0.5, 0.6) is 0 Å². The Balaban J connectivity index is 1.40. The molecule has 0 unspecified atom stereocenters. The molecule has 0 aromatic carbocycles. The molecule has 27 heavy (non-hydrogen) atoms. The Morgan fingerprint density at radius 1 is 1.11 bits per heavy atom. The van der Waals surface area contributed by atoms with Crippen LogP contribution in [0, 0.1) is 5.92 Å². The second kappa shape index (κ2) is 7.21. The van der Waals surface area contributed by atoms with Gasteiger partial charge in [-0.2, -0.15) is 0 Å². The van der Waals surface area contributed by atoms with Crippen molar-refractivity contribution >= 4 is 5.82 Å². The Hall–Kier alpha value is -2.58. The first kappa shape index (κ1) is 17.8. The number of piperidine rings is 1. The first-order chi connectivity index (χ1) is 13.0. The molecule has 1 saturated heterocycles. The highest BCUT2D eigenvalue weighted by molar-refractivity contribution is 5.36. The molecule has 0 radical (unpaired) electrons. The zero-order valence-electron chi connectivity index (χ0n) is 14.8. The zero-order chi connectivity index (χ0) is 19.0. The zero-order valence-corrected chi connectivity index (χ0v) is 14.8. The quantitative estimate of drug-likeness (QED) is 0.797. The van der Waals surface area contributed by atoms with E-state index in [0.717, 1.165) is 31.7 Å². The maximum Gasteiger partial charge on any atom is 0.293 e. The lowest BCUT2D eigenvalue weighted by Crippen LogP contribution is -2.40. The summed E-state index contributed by atoms with van der Waals surface area (Å²) in [4.78, 5) is 34.5. The first-order valence-corrected chi connectivity index (χ1v) is 9.19. The number of alkyl halides is 2. The minimum Gasteiger partial charge on any atom is -0.352 e. The lowest BCUT2D eigenvalue weighted by molar-refractivity contribution is 0.145. The summed E-state index contributed by atoms with van der Waals surface area (Å²) in [6.07, 6.45) is 5.55. The summed E-state index contributed by atoms with van der Waals surface area (Å²) in [5.74, 6) is 0.718. The second-order valence-corrected chi connectivity index (χ2v) is 7.23. The van der Waals surface area contributed by atoms with Crippen LogP contribution in [-0.4, -0.2) is 32.2 Å². The Bertz CT molecular complexity index is 930. The average molecular weight is 377 g/mol. The summed E-state index contributed by atoms with van der Waals surface area (Å²) >= 11 is 0. The number of anilines is 1. The van der Waals surface area contributed by atoms with Crippen molar-refractivity contribution in [3.63, 3.8) is 0 Å². The van der Waals surface area contributed by atoms with Gasteiger partial charge in [0, 0.05) is 44.1 Å². The summed E-state index contributed by atoms with van der Waals surface area (Å²) in [5, 5.41) is 0. The van der Waals surface area contributed by atoms with Gasteiger partial charge in [-0.15, -0.1) is 0 Å². The molecular formula is C18H21F2N5O2. The van der Waals surface area contributed by atoms with Gasteiger partial charge in [0.05, 0.1) is 6.33 Å². The minimum absolute atomic E-state index is 0.0403. The number of rotatable bonds is 5. The fourth-order valence-electron chi connectivity index (χ4n) is 3.57. The fourth-order valence-corrected chi connectivity index (χ4v) is 3.57. The second-order valence-electron chi connectivity index (χ2n) is 7.23. The molecule has 2 fully saturated rings. The topological polar surface area (TPSA) is 73.0 Å². The van der Waals surface area contributed by atoms with Crippen LogP contribution >= 0.6 is 0 Å². The molecule has 1 aliphatic heterocycles. The SMILES string of the molecule is O=c1cc(C(F)F)ncn1CC1CCN(c2nccn(C3CC3)c2=O)CC1. The van der Waals surface area contributed by atoms with E-state index in [1.807, 2.05) is 4.90 Å². The third kappa shape index (κ3) is 3.77. The van der Waals surface area contributed by atoms with Crippen molar-refractivity contribution in [3.8, 4) is 0 Å². The molecule has 0 amide bonds. The van der Waals surface area contributed by atoms with Crippen LogP contribution in [0.15, 0.2) is 34.4 Å². The van der Waals surface area contributed by atoms with Crippen molar-refractivity contribution in [2.45, 2.75) is 44.7 Å². The minimum atomic E-state index is -2.74. The van der Waals surface area contributed by atoms with E-state index in [9.17, 15) is 18.4 Å². The first-order valence-electron chi connectivity index (χ1n) is 9.19. The van der Waals surface area contributed by atoms with Gasteiger partial charge in [-0.1, -0.05) is 0 Å². The molecule has 0 spiro atoms. The average Bonchev–Trinajstić information content (AvgIpc) is 3.49. The standard InChI is InChI=1S/C18H21F2N5O2/c19-16(20)14-9-15(26)24(11-22-14)10-12-3-6-23(7-4-12)17-18(27)25(8-5-21-17)13-1-2-13/h5,8-9,11-13,16H,1-4,6-7,10H2. The molecule has 4 rings (SSSR count). The normalized spacial score (nSPS) is 18.3. The number of nitrogens with zero attached hydrogens (tertiary/aromatic N) is 5. The predicted molar refractivity (Wildman–Crippen MR) is 95.2 cm³/mol. The van der Waals surface area contributed by atoms with Gasteiger partial charge < -0.3 is 9.47 Å². The van der Waals surface area contributed by atoms with Crippen LogP contribution in [0.2, 0.25) is 0 Å². The Morgan fingerprint density at radius 3 is 2.48 bits per heavy atom. The van der Waals surface area contributed by atoms with Crippen molar-refractivity contribution < 1.29 is 8.78 Å². The summed E-state index contributed by atoms with van der Waals surface area (Å²) in [6, 6.07) is 1.21. The van der Waals surface area contributed by atoms with E-state index in [1.165, 1.54) is 10.9 Å². The lowest BCUT2D eigenvalue weighted by Gasteiger charge is -2.32. The van der Waals surface area contributed by atoms with Gasteiger partial charge >= 0.3 is 0 Å². The summed E-state index contributed by atoms with van der Waals surface area (Å²) in [6.45, 7) is 1.80. The number of halogens is 2. The van der Waals surface area contributed by atoms with Gasteiger partial charge in [-0.25, -0.2) is 18.7 Å². The third-order valence-corrected chi connectivity index (χ3v) is 5.28. The predicted octanol–water partition coefficient (Wildman–Crippen LogP) is 1.99. The molecule has 144 valence electrons. The molecule has 3 heterocycles. The van der Waals surface area contributed by atoms with E-state index in [0.29, 0.717) is 31.5 Å². The maximum absolute atomic E-state index is 12.6. The van der Waals surface area contributed by atoms with Crippen molar-refractivity contribution in [2.24, 2.45) is 5.92 Å². The van der Waals surface area contributed by atoms with Crippen LogP contribution in [-0.2, 0) is 6.54 Å². The van der Waals surface area contributed by atoms with Gasteiger partial charge in [0.25, 0.3) is 17.5 Å². The largest absolute Gasteiger partial charge is 0.352 e. The Labute approximate surface area is 154 Å². The molecule has 1 aliphatic carbocycles. The van der Waals surface area contributed by atoms with Gasteiger partial charge in [0.1, 0.15) is 5.69 Å². The third-order valence-electron chi connectivity index (χ3n) is 5.28. The number of aromatic nitrogens is 4. The van der Waals surface area contributed by atoms with E-state index in [4.69, 9.17) is 0 Å². The summed E-state index contributed by atoms with van der Waals surface area (Å²) < 4.78 is 28.4. The monoisotopic (exact) mass is 377 g/mol. The molecule has 7 nitrogen and oxygen atoms in total. The van der Waals surface area contributed by atoms with Gasteiger partial charge in [0.15, 0.2) is 5.82 Å². The summed E-state index contributed by atoms with van der Waals surface area (Å²) in [7, 11) is 0. The van der Waals surface area contributed by atoms with E-state index in [1.54, 1.807) is 17.0 Å². The lowest BCUT2D eigenvalue weighted by atomic mass is 9.96. The van der Waals surface area contributed by atoms with E-state index < -0.39 is 17.7 Å². The van der Waals surface area contributed by atoms with Crippen LogP contribution in [0.4, 0.5) is 14.6 Å². The van der Waals surface area contributed by atoms with Crippen molar-refractivity contribution in [3.05, 3.63) is 51.2 Å². The molecule has 2 aromatic rings. The van der Waals surface area contributed by atoms with E-state index in [2.05, 4.69) is 9.97 Å². The Kier molecular flexibility index (Phi) is 4.75. The highest BCUT2D eigenvalue weighted by Gasteiger charge is 2.28. The highest BCUT2D eigenvalue weighted by atomic mass is 19.3.